The molecule has 1 aliphatic heterocycles. The Morgan fingerprint density at radius 1 is 1.58 bits per heavy atom. The van der Waals surface area contributed by atoms with Crippen molar-refractivity contribution in [1.82, 2.24) is 5.32 Å². The van der Waals surface area contributed by atoms with Gasteiger partial charge in [0, 0.05) is 12.5 Å². The van der Waals surface area contributed by atoms with Gasteiger partial charge in [0.25, 0.3) is 0 Å². The molecule has 0 aliphatic carbocycles. The number of hydrogen-bond acceptors (Lipinski definition) is 3. The third-order valence-electron chi connectivity index (χ3n) is 3.49. The summed E-state index contributed by atoms with van der Waals surface area (Å²) >= 11 is 0. The molecule has 0 spiro atoms. The summed E-state index contributed by atoms with van der Waals surface area (Å²) in [4.78, 5) is 10.7. The fourth-order valence-electron chi connectivity index (χ4n) is 2.31. The molecule has 0 radical (unpaired) electrons. The maximum absolute atomic E-state index is 13.7. The lowest BCUT2D eigenvalue weighted by molar-refractivity contribution is 0.0696. The standard InChI is InChI=1S/C14H18FNO3/c1-9(11-3-2-6-16-8-11)19-13-5-4-10(14(17)18)7-12(13)15/h4-5,7,9,11,16H,2-3,6,8H2,1H3,(H,17,18). The van der Waals surface area contributed by atoms with Crippen LogP contribution in [0.2, 0.25) is 0 Å². The van der Waals surface area contributed by atoms with Crippen molar-refractivity contribution in [2.45, 2.75) is 25.9 Å². The minimum atomic E-state index is -1.14. The van der Waals surface area contributed by atoms with E-state index in [1.54, 1.807) is 0 Å². The third kappa shape index (κ3) is 3.44. The lowest BCUT2D eigenvalue weighted by atomic mass is 9.94. The minimum Gasteiger partial charge on any atom is -0.487 e. The van der Waals surface area contributed by atoms with Crippen LogP contribution in [0.4, 0.5) is 4.39 Å². The molecule has 1 aromatic carbocycles. The van der Waals surface area contributed by atoms with Gasteiger partial charge in [0.15, 0.2) is 11.6 Å². The number of rotatable bonds is 4. The Morgan fingerprint density at radius 3 is 2.95 bits per heavy atom. The quantitative estimate of drug-likeness (QED) is 0.878. The molecule has 4 nitrogen and oxygen atoms in total. The molecule has 2 atom stereocenters. The van der Waals surface area contributed by atoms with Gasteiger partial charge in [-0.15, -0.1) is 0 Å². The van der Waals surface area contributed by atoms with Crippen molar-refractivity contribution in [3.8, 4) is 5.75 Å². The Balaban J connectivity index is 2.03. The van der Waals surface area contributed by atoms with Crippen LogP contribution in [0.1, 0.15) is 30.1 Å². The summed E-state index contributed by atoms with van der Waals surface area (Å²) in [5.41, 5.74) is -0.0724. The SMILES string of the molecule is CC(Oc1ccc(C(=O)O)cc1F)C1CCCNC1. The number of hydrogen-bond donors (Lipinski definition) is 2. The predicted molar refractivity (Wildman–Crippen MR) is 69.0 cm³/mol. The number of ether oxygens (including phenoxy) is 1. The molecule has 1 heterocycles. The van der Waals surface area contributed by atoms with Crippen molar-refractivity contribution in [2.75, 3.05) is 13.1 Å². The second kappa shape index (κ2) is 6.02. The maximum Gasteiger partial charge on any atom is 0.335 e. The van der Waals surface area contributed by atoms with E-state index in [1.165, 1.54) is 12.1 Å². The second-order valence-corrected chi connectivity index (χ2v) is 4.88. The number of nitrogens with one attached hydrogen (secondary N) is 1. The zero-order chi connectivity index (χ0) is 13.8. The lowest BCUT2D eigenvalue weighted by Crippen LogP contribution is -2.38. The van der Waals surface area contributed by atoms with Crippen LogP contribution in [-0.2, 0) is 0 Å². The van der Waals surface area contributed by atoms with Crippen molar-refractivity contribution < 1.29 is 19.0 Å². The van der Waals surface area contributed by atoms with Gasteiger partial charge in [-0.05, 0) is 44.5 Å². The van der Waals surface area contributed by atoms with Crippen LogP contribution >= 0.6 is 0 Å². The van der Waals surface area contributed by atoms with Crippen molar-refractivity contribution in [3.63, 3.8) is 0 Å². The largest absolute Gasteiger partial charge is 0.487 e. The van der Waals surface area contributed by atoms with Gasteiger partial charge in [-0.1, -0.05) is 0 Å². The monoisotopic (exact) mass is 267 g/mol. The Bertz CT molecular complexity index is 458. The molecule has 1 aromatic rings. The maximum atomic E-state index is 13.7. The van der Waals surface area contributed by atoms with E-state index in [4.69, 9.17) is 9.84 Å². The molecule has 0 bridgehead atoms. The molecule has 0 aromatic heterocycles. The van der Waals surface area contributed by atoms with Crippen LogP contribution in [0.25, 0.3) is 0 Å². The minimum absolute atomic E-state index is 0.0724. The van der Waals surface area contributed by atoms with Gasteiger partial charge in [-0.2, -0.15) is 0 Å². The van der Waals surface area contributed by atoms with Crippen LogP contribution < -0.4 is 10.1 Å². The average Bonchev–Trinajstić information content (AvgIpc) is 2.41. The first-order chi connectivity index (χ1) is 9.08. The Kier molecular flexibility index (Phi) is 4.37. The number of carbonyl (C=O) groups is 1. The van der Waals surface area contributed by atoms with E-state index < -0.39 is 11.8 Å². The molecule has 5 heteroatoms. The topological polar surface area (TPSA) is 58.6 Å². The van der Waals surface area contributed by atoms with Gasteiger partial charge < -0.3 is 15.2 Å². The average molecular weight is 267 g/mol. The fourth-order valence-corrected chi connectivity index (χ4v) is 2.31. The first-order valence-corrected chi connectivity index (χ1v) is 6.48. The van der Waals surface area contributed by atoms with Crippen LogP contribution in [-0.4, -0.2) is 30.3 Å². The summed E-state index contributed by atoms with van der Waals surface area (Å²) in [6.45, 7) is 3.81. The molecule has 0 saturated carbocycles. The van der Waals surface area contributed by atoms with E-state index >= 15 is 0 Å². The van der Waals surface area contributed by atoms with Gasteiger partial charge in [0.1, 0.15) is 6.10 Å². The first kappa shape index (κ1) is 13.8. The lowest BCUT2D eigenvalue weighted by Gasteiger charge is -2.28. The molecule has 19 heavy (non-hydrogen) atoms. The van der Waals surface area contributed by atoms with Crippen LogP contribution in [0, 0.1) is 11.7 Å². The van der Waals surface area contributed by atoms with Gasteiger partial charge in [-0.25, -0.2) is 9.18 Å². The molecule has 104 valence electrons. The molecule has 1 aliphatic rings. The van der Waals surface area contributed by atoms with Crippen molar-refractivity contribution >= 4 is 5.97 Å². The van der Waals surface area contributed by atoms with Crippen LogP contribution in [0.15, 0.2) is 18.2 Å². The number of piperidine rings is 1. The summed E-state index contributed by atoms with van der Waals surface area (Å²) in [5, 5.41) is 12.1. The van der Waals surface area contributed by atoms with E-state index in [2.05, 4.69) is 5.32 Å². The highest BCUT2D eigenvalue weighted by Gasteiger charge is 2.22. The molecule has 1 saturated heterocycles. The zero-order valence-electron chi connectivity index (χ0n) is 10.9. The van der Waals surface area contributed by atoms with Crippen molar-refractivity contribution in [1.29, 1.82) is 0 Å². The van der Waals surface area contributed by atoms with Gasteiger partial charge >= 0.3 is 5.97 Å². The normalized spacial score (nSPS) is 20.8. The molecule has 2 unspecified atom stereocenters. The Labute approximate surface area is 111 Å². The van der Waals surface area contributed by atoms with Crippen molar-refractivity contribution in [3.05, 3.63) is 29.6 Å². The number of aromatic carboxylic acids is 1. The van der Waals surface area contributed by atoms with Gasteiger partial charge in [0.2, 0.25) is 0 Å². The Morgan fingerprint density at radius 2 is 2.37 bits per heavy atom. The molecular formula is C14H18FNO3. The highest BCUT2D eigenvalue weighted by molar-refractivity contribution is 5.87. The van der Waals surface area contributed by atoms with Crippen molar-refractivity contribution in [2.24, 2.45) is 5.92 Å². The number of benzene rings is 1. The van der Waals surface area contributed by atoms with Crippen LogP contribution in [0.5, 0.6) is 5.75 Å². The summed E-state index contributed by atoms with van der Waals surface area (Å²) in [6.07, 6.45) is 2.06. The van der Waals surface area contributed by atoms with Gasteiger partial charge in [-0.3, -0.25) is 0 Å². The summed E-state index contributed by atoms with van der Waals surface area (Å²) in [5.74, 6) is -1.30. The van der Waals surface area contributed by atoms with Gasteiger partial charge in [0.05, 0.1) is 5.56 Å². The van der Waals surface area contributed by atoms with E-state index in [-0.39, 0.29) is 17.4 Å². The summed E-state index contributed by atoms with van der Waals surface area (Å²) in [7, 11) is 0. The smallest absolute Gasteiger partial charge is 0.335 e. The van der Waals surface area contributed by atoms with E-state index in [9.17, 15) is 9.18 Å². The highest BCUT2D eigenvalue weighted by atomic mass is 19.1. The summed E-state index contributed by atoms with van der Waals surface area (Å²) in [6, 6.07) is 3.72. The molecule has 2 rings (SSSR count). The second-order valence-electron chi connectivity index (χ2n) is 4.88. The number of halogens is 1. The molecule has 1 fully saturated rings. The van der Waals surface area contributed by atoms with E-state index in [0.717, 1.165) is 32.0 Å². The zero-order valence-corrected chi connectivity index (χ0v) is 10.9. The number of carboxylic acid groups (broad SMARTS) is 1. The highest BCUT2D eigenvalue weighted by Crippen LogP contribution is 2.24. The fraction of sp³-hybridized carbons (Fsp3) is 0.500. The van der Waals surface area contributed by atoms with E-state index in [1.807, 2.05) is 6.92 Å². The van der Waals surface area contributed by atoms with Crippen LogP contribution in [0.3, 0.4) is 0 Å². The molecule has 0 amide bonds. The molecular weight excluding hydrogens is 249 g/mol. The summed E-state index contributed by atoms with van der Waals surface area (Å²) < 4.78 is 19.3. The molecule has 2 N–H and O–H groups in total. The Hall–Kier alpha value is -1.62. The third-order valence-corrected chi connectivity index (χ3v) is 3.49. The van der Waals surface area contributed by atoms with E-state index in [0.29, 0.717) is 5.92 Å². The number of carboxylic acids is 1. The first-order valence-electron chi connectivity index (χ1n) is 6.48. The predicted octanol–water partition coefficient (Wildman–Crippen LogP) is 2.29.